The van der Waals surface area contributed by atoms with Gasteiger partial charge in [-0.15, -0.1) is 10.2 Å². The number of halogens is 2. The molecule has 134 valence electrons. The highest BCUT2D eigenvalue weighted by Gasteiger charge is 2.35. The maximum atomic E-state index is 12.6. The van der Waals surface area contributed by atoms with E-state index in [0.717, 1.165) is 0 Å². The maximum absolute atomic E-state index is 12.6. The molecule has 2 aromatic rings. The standard InChI is InChI=1S/C15H16Cl2N4O3S/c1-20-9-18-19-15(20)25(23,24)11-4-6-21(7-5-11)14(22)10-2-3-12(16)13(17)8-10/h2-3,8-9,11H,4-7H2,1H3. The third kappa shape index (κ3) is 3.51. The lowest BCUT2D eigenvalue weighted by atomic mass is 10.1. The van der Waals surface area contributed by atoms with Crippen molar-refractivity contribution in [1.29, 1.82) is 0 Å². The molecule has 0 atom stereocenters. The maximum Gasteiger partial charge on any atom is 0.253 e. The van der Waals surface area contributed by atoms with Gasteiger partial charge in [-0.25, -0.2) is 8.42 Å². The summed E-state index contributed by atoms with van der Waals surface area (Å²) in [6, 6.07) is 4.70. The minimum Gasteiger partial charge on any atom is -0.339 e. The summed E-state index contributed by atoms with van der Waals surface area (Å²) in [5.74, 6) is -0.187. The van der Waals surface area contributed by atoms with E-state index in [0.29, 0.717) is 41.5 Å². The highest BCUT2D eigenvalue weighted by atomic mass is 35.5. The first-order valence-corrected chi connectivity index (χ1v) is 9.93. The van der Waals surface area contributed by atoms with Crippen LogP contribution in [0.5, 0.6) is 0 Å². The first-order chi connectivity index (χ1) is 11.8. The number of aromatic nitrogens is 3. The second-order valence-electron chi connectivity index (χ2n) is 5.89. The molecule has 1 aromatic heterocycles. The molecule has 1 fully saturated rings. The molecule has 1 aliphatic heterocycles. The number of carbonyl (C=O) groups is 1. The van der Waals surface area contributed by atoms with Gasteiger partial charge in [-0.2, -0.15) is 0 Å². The number of benzene rings is 1. The van der Waals surface area contributed by atoms with E-state index in [1.54, 1.807) is 24.1 Å². The van der Waals surface area contributed by atoms with E-state index in [2.05, 4.69) is 10.2 Å². The van der Waals surface area contributed by atoms with Gasteiger partial charge in [0.15, 0.2) is 0 Å². The van der Waals surface area contributed by atoms with Gasteiger partial charge in [0.2, 0.25) is 15.0 Å². The molecule has 7 nitrogen and oxygen atoms in total. The van der Waals surface area contributed by atoms with Gasteiger partial charge in [-0.1, -0.05) is 23.2 Å². The Kier molecular flexibility index (Phi) is 5.04. The van der Waals surface area contributed by atoms with Crippen LogP contribution in [0.2, 0.25) is 10.0 Å². The van der Waals surface area contributed by atoms with Gasteiger partial charge >= 0.3 is 0 Å². The molecule has 10 heteroatoms. The molecule has 0 unspecified atom stereocenters. The summed E-state index contributed by atoms with van der Waals surface area (Å²) in [5.41, 5.74) is 0.434. The zero-order chi connectivity index (χ0) is 18.2. The molecule has 0 N–H and O–H groups in total. The SMILES string of the molecule is Cn1cnnc1S(=O)(=O)C1CCN(C(=O)c2ccc(Cl)c(Cl)c2)CC1. The van der Waals surface area contributed by atoms with Crippen molar-refractivity contribution in [2.45, 2.75) is 23.2 Å². The van der Waals surface area contributed by atoms with Crippen molar-refractivity contribution < 1.29 is 13.2 Å². The molecular weight excluding hydrogens is 387 g/mol. The summed E-state index contributed by atoms with van der Waals surface area (Å²) in [5, 5.41) is 7.40. The monoisotopic (exact) mass is 402 g/mol. The van der Waals surface area contributed by atoms with Crippen LogP contribution in [-0.2, 0) is 16.9 Å². The number of hydrogen-bond donors (Lipinski definition) is 0. The van der Waals surface area contributed by atoms with E-state index >= 15 is 0 Å². The number of amides is 1. The van der Waals surface area contributed by atoms with Crippen molar-refractivity contribution in [2.75, 3.05) is 13.1 Å². The second kappa shape index (κ2) is 6.93. The van der Waals surface area contributed by atoms with Crippen molar-refractivity contribution in [3.63, 3.8) is 0 Å². The lowest BCUT2D eigenvalue weighted by Crippen LogP contribution is -2.42. The predicted octanol–water partition coefficient (Wildman–Crippen LogP) is 2.20. The van der Waals surface area contributed by atoms with E-state index in [1.165, 1.54) is 17.0 Å². The van der Waals surface area contributed by atoms with E-state index < -0.39 is 15.1 Å². The molecule has 0 spiro atoms. The van der Waals surface area contributed by atoms with Crippen LogP contribution in [0.25, 0.3) is 0 Å². The predicted molar refractivity (Wildman–Crippen MR) is 93.6 cm³/mol. The Morgan fingerprint density at radius 2 is 1.88 bits per heavy atom. The number of hydrogen-bond acceptors (Lipinski definition) is 5. The summed E-state index contributed by atoms with van der Waals surface area (Å²) >= 11 is 11.8. The first kappa shape index (κ1) is 18.2. The molecule has 0 bridgehead atoms. The van der Waals surface area contributed by atoms with Crippen molar-refractivity contribution in [3.05, 3.63) is 40.1 Å². The third-order valence-electron chi connectivity index (χ3n) is 4.26. The number of sulfone groups is 1. The van der Waals surface area contributed by atoms with E-state index in [1.807, 2.05) is 0 Å². The Bertz CT molecular complexity index is 905. The highest BCUT2D eigenvalue weighted by molar-refractivity contribution is 7.91. The van der Waals surface area contributed by atoms with Crippen molar-refractivity contribution in [2.24, 2.45) is 7.05 Å². The smallest absolute Gasteiger partial charge is 0.253 e. The quantitative estimate of drug-likeness (QED) is 0.785. The molecule has 0 aliphatic carbocycles. The number of nitrogens with zero attached hydrogens (tertiary/aromatic N) is 4. The third-order valence-corrected chi connectivity index (χ3v) is 7.23. The molecule has 2 heterocycles. The van der Waals surface area contributed by atoms with Gasteiger partial charge in [0, 0.05) is 25.7 Å². The fraction of sp³-hybridized carbons (Fsp3) is 0.400. The van der Waals surface area contributed by atoms with Crippen molar-refractivity contribution in [3.8, 4) is 0 Å². The van der Waals surface area contributed by atoms with Crippen molar-refractivity contribution in [1.82, 2.24) is 19.7 Å². The van der Waals surface area contributed by atoms with Gasteiger partial charge in [0.25, 0.3) is 5.91 Å². The Morgan fingerprint density at radius 1 is 1.20 bits per heavy atom. The topological polar surface area (TPSA) is 85.2 Å². The molecule has 1 aromatic carbocycles. The molecule has 1 saturated heterocycles. The number of aryl methyl sites for hydroxylation is 1. The Balaban J connectivity index is 1.70. The second-order valence-corrected chi connectivity index (χ2v) is 8.83. The van der Waals surface area contributed by atoms with Crippen LogP contribution in [-0.4, -0.2) is 52.3 Å². The summed E-state index contributed by atoms with van der Waals surface area (Å²) < 4.78 is 26.7. The highest BCUT2D eigenvalue weighted by Crippen LogP contribution is 2.26. The summed E-state index contributed by atoms with van der Waals surface area (Å²) in [4.78, 5) is 14.2. The fourth-order valence-corrected chi connectivity index (χ4v) is 4.90. The fourth-order valence-electron chi connectivity index (χ4n) is 2.86. The summed E-state index contributed by atoms with van der Waals surface area (Å²) in [7, 11) is -1.97. The minimum atomic E-state index is -3.56. The van der Waals surface area contributed by atoms with Gasteiger partial charge in [-0.3, -0.25) is 4.79 Å². The number of rotatable bonds is 3. The average Bonchev–Trinajstić information content (AvgIpc) is 3.04. The lowest BCUT2D eigenvalue weighted by molar-refractivity contribution is 0.0725. The van der Waals surface area contributed by atoms with Crippen LogP contribution in [0, 0.1) is 0 Å². The van der Waals surface area contributed by atoms with Gasteiger partial charge in [0.05, 0.1) is 15.3 Å². The van der Waals surface area contributed by atoms with Crippen LogP contribution in [0.4, 0.5) is 0 Å². The van der Waals surface area contributed by atoms with Crippen LogP contribution >= 0.6 is 23.2 Å². The van der Waals surface area contributed by atoms with Crippen molar-refractivity contribution >= 4 is 38.9 Å². The average molecular weight is 403 g/mol. The lowest BCUT2D eigenvalue weighted by Gasteiger charge is -2.31. The normalized spacial score (nSPS) is 16.2. The van der Waals surface area contributed by atoms with Crippen LogP contribution in [0.1, 0.15) is 23.2 Å². The zero-order valence-corrected chi connectivity index (χ0v) is 15.7. The van der Waals surface area contributed by atoms with Crippen LogP contribution in [0.3, 0.4) is 0 Å². The molecule has 0 radical (unpaired) electrons. The Labute approximate surface area is 155 Å². The number of carbonyl (C=O) groups excluding carboxylic acids is 1. The van der Waals surface area contributed by atoms with E-state index in [4.69, 9.17) is 23.2 Å². The van der Waals surface area contributed by atoms with Gasteiger partial charge in [0.1, 0.15) is 6.33 Å². The summed E-state index contributed by atoms with van der Waals surface area (Å²) in [6.07, 6.45) is 2.06. The largest absolute Gasteiger partial charge is 0.339 e. The molecule has 25 heavy (non-hydrogen) atoms. The van der Waals surface area contributed by atoms with Gasteiger partial charge < -0.3 is 9.47 Å². The van der Waals surface area contributed by atoms with Gasteiger partial charge in [-0.05, 0) is 31.0 Å². The Hall–Kier alpha value is -1.64. The minimum absolute atomic E-state index is 0.0400. The first-order valence-electron chi connectivity index (χ1n) is 7.63. The zero-order valence-electron chi connectivity index (χ0n) is 13.4. The van der Waals surface area contributed by atoms with Crippen LogP contribution in [0.15, 0.2) is 29.7 Å². The molecule has 0 saturated carbocycles. The number of piperidine rings is 1. The summed E-state index contributed by atoms with van der Waals surface area (Å²) in [6.45, 7) is 0.696. The van der Waals surface area contributed by atoms with E-state index in [-0.39, 0.29) is 11.1 Å². The molecule has 1 amide bonds. The molecule has 3 rings (SSSR count). The number of likely N-dealkylation sites (tertiary alicyclic amines) is 1. The Morgan fingerprint density at radius 3 is 2.44 bits per heavy atom. The van der Waals surface area contributed by atoms with E-state index in [9.17, 15) is 13.2 Å². The molecule has 1 aliphatic rings. The molecular formula is C15H16Cl2N4O3S. The van der Waals surface area contributed by atoms with Crippen LogP contribution < -0.4 is 0 Å².